The summed E-state index contributed by atoms with van der Waals surface area (Å²) >= 11 is 0. The number of carbonyl (C=O) groups excluding carboxylic acids is 1. The quantitative estimate of drug-likeness (QED) is 0.544. The maximum atomic E-state index is 12.3. The molecule has 7 nitrogen and oxygen atoms in total. The van der Waals surface area contributed by atoms with Gasteiger partial charge in [0, 0.05) is 23.2 Å². The lowest BCUT2D eigenvalue weighted by Gasteiger charge is -2.10. The van der Waals surface area contributed by atoms with Crippen LogP contribution >= 0.6 is 0 Å². The lowest BCUT2D eigenvalue weighted by atomic mass is 10.1. The van der Waals surface area contributed by atoms with E-state index in [1.54, 1.807) is 19.4 Å². The Kier molecular flexibility index (Phi) is 5.29. The van der Waals surface area contributed by atoms with E-state index < -0.39 is 0 Å². The largest absolute Gasteiger partial charge is 0.496 e. The molecule has 1 N–H and O–H groups in total. The maximum Gasteiger partial charge on any atom is 0.263 e. The van der Waals surface area contributed by atoms with Gasteiger partial charge in [-0.05, 0) is 29.7 Å². The first-order valence-corrected chi connectivity index (χ1v) is 8.96. The van der Waals surface area contributed by atoms with Gasteiger partial charge in [0.2, 0.25) is 5.88 Å². The molecule has 0 bridgehead atoms. The normalized spacial score (nSPS) is 10.5. The van der Waals surface area contributed by atoms with Crippen molar-refractivity contribution in [2.45, 2.75) is 0 Å². The van der Waals surface area contributed by atoms with Crippen molar-refractivity contribution < 1.29 is 14.3 Å². The smallest absolute Gasteiger partial charge is 0.263 e. The molecule has 0 aliphatic rings. The Labute approximate surface area is 167 Å². The van der Waals surface area contributed by atoms with E-state index in [1.807, 2.05) is 54.6 Å². The average molecular weight is 386 g/mol. The summed E-state index contributed by atoms with van der Waals surface area (Å²) in [5.41, 5.74) is 1.45. The van der Waals surface area contributed by atoms with Crippen molar-refractivity contribution in [1.82, 2.24) is 15.0 Å². The van der Waals surface area contributed by atoms with Crippen molar-refractivity contribution in [3.8, 4) is 22.9 Å². The van der Waals surface area contributed by atoms with Gasteiger partial charge >= 0.3 is 0 Å². The van der Waals surface area contributed by atoms with Gasteiger partial charge in [-0.2, -0.15) is 0 Å². The standard InChI is InChI=1S/C22H18N4O3/c1-28-19-9-5-4-8-17(19)18-12-20(25-14-24-18)26-21(27)13-29-22-16-7-3-2-6-15(16)10-11-23-22/h2-12,14H,13H2,1H3,(H,24,25,26,27). The molecule has 7 heteroatoms. The maximum absolute atomic E-state index is 12.3. The lowest BCUT2D eigenvalue weighted by molar-refractivity contribution is -0.118. The molecule has 4 rings (SSSR count). The Morgan fingerprint density at radius 1 is 1.00 bits per heavy atom. The molecule has 144 valence electrons. The van der Waals surface area contributed by atoms with Crippen molar-refractivity contribution >= 4 is 22.5 Å². The number of hydrogen-bond acceptors (Lipinski definition) is 6. The summed E-state index contributed by atoms with van der Waals surface area (Å²) in [7, 11) is 1.60. The number of aromatic nitrogens is 3. The van der Waals surface area contributed by atoms with Crippen LogP contribution in [0.15, 0.2) is 73.2 Å². The SMILES string of the molecule is COc1ccccc1-c1cc(NC(=O)COc2nccc3ccccc23)ncn1. The zero-order valence-electron chi connectivity index (χ0n) is 15.7. The second-order valence-electron chi connectivity index (χ2n) is 6.16. The van der Waals surface area contributed by atoms with Gasteiger partial charge in [0.15, 0.2) is 6.61 Å². The van der Waals surface area contributed by atoms with E-state index in [9.17, 15) is 4.79 Å². The minimum atomic E-state index is -0.343. The average Bonchev–Trinajstić information content (AvgIpc) is 2.78. The summed E-state index contributed by atoms with van der Waals surface area (Å²) in [6.45, 7) is -0.186. The second kappa shape index (κ2) is 8.35. The van der Waals surface area contributed by atoms with Gasteiger partial charge in [0.1, 0.15) is 17.9 Å². The number of carbonyl (C=O) groups is 1. The molecule has 0 radical (unpaired) electrons. The van der Waals surface area contributed by atoms with E-state index in [-0.39, 0.29) is 12.5 Å². The zero-order valence-corrected chi connectivity index (χ0v) is 15.7. The van der Waals surface area contributed by atoms with E-state index in [0.29, 0.717) is 23.1 Å². The molecule has 29 heavy (non-hydrogen) atoms. The molecule has 2 aromatic carbocycles. The number of nitrogens with one attached hydrogen (secondary N) is 1. The third-order valence-electron chi connectivity index (χ3n) is 4.29. The van der Waals surface area contributed by atoms with Crippen LogP contribution in [0.25, 0.3) is 22.0 Å². The Morgan fingerprint density at radius 2 is 1.83 bits per heavy atom. The second-order valence-corrected chi connectivity index (χ2v) is 6.16. The predicted molar refractivity (Wildman–Crippen MR) is 110 cm³/mol. The number of fused-ring (bicyclic) bond motifs is 1. The molecule has 2 aromatic heterocycles. The van der Waals surface area contributed by atoms with Crippen LogP contribution in [0.2, 0.25) is 0 Å². The first-order valence-electron chi connectivity index (χ1n) is 8.96. The van der Waals surface area contributed by atoms with Crippen LogP contribution < -0.4 is 14.8 Å². The van der Waals surface area contributed by atoms with Crippen molar-refractivity contribution in [3.05, 3.63) is 73.2 Å². The van der Waals surface area contributed by atoms with E-state index in [2.05, 4.69) is 20.3 Å². The first kappa shape index (κ1) is 18.4. The predicted octanol–water partition coefficient (Wildman–Crippen LogP) is 3.72. The molecule has 0 saturated heterocycles. The van der Waals surface area contributed by atoms with Crippen LogP contribution in [0.5, 0.6) is 11.6 Å². The van der Waals surface area contributed by atoms with Crippen LogP contribution in [0.1, 0.15) is 0 Å². The highest BCUT2D eigenvalue weighted by Gasteiger charge is 2.11. The Balaban J connectivity index is 1.46. The fourth-order valence-corrected chi connectivity index (χ4v) is 2.95. The highest BCUT2D eigenvalue weighted by molar-refractivity contribution is 5.92. The summed E-state index contributed by atoms with van der Waals surface area (Å²) in [4.78, 5) is 24.9. The molecule has 0 aliphatic heterocycles. The van der Waals surface area contributed by atoms with Gasteiger partial charge in [0.05, 0.1) is 12.8 Å². The monoisotopic (exact) mass is 386 g/mol. The highest BCUT2D eigenvalue weighted by atomic mass is 16.5. The number of amides is 1. The summed E-state index contributed by atoms with van der Waals surface area (Å²) in [5, 5.41) is 4.57. The van der Waals surface area contributed by atoms with Crippen LogP contribution in [0, 0.1) is 0 Å². The van der Waals surface area contributed by atoms with Gasteiger partial charge < -0.3 is 14.8 Å². The Hall–Kier alpha value is -4.00. The molecule has 0 aliphatic carbocycles. The van der Waals surface area contributed by atoms with E-state index >= 15 is 0 Å². The molecular formula is C22H18N4O3. The number of benzene rings is 2. The molecule has 4 aromatic rings. The number of hydrogen-bond donors (Lipinski definition) is 1. The summed E-state index contributed by atoms with van der Waals surface area (Å²) in [5.74, 6) is 1.13. The van der Waals surface area contributed by atoms with E-state index in [0.717, 1.165) is 16.3 Å². The van der Waals surface area contributed by atoms with E-state index in [4.69, 9.17) is 9.47 Å². The molecule has 1 amide bonds. The number of para-hydroxylation sites is 1. The van der Waals surface area contributed by atoms with Gasteiger partial charge in [-0.1, -0.05) is 30.3 Å². The minimum absolute atomic E-state index is 0.186. The van der Waals surface area contributed by atoms with E-state index in [1.165, 1.54) is 6.33 Å². The summed E-state index contributed by atoms with van der Waals surface area (Å²) < 4.78 is 11.0. The van der Waals surface area contributed by atoms with Crippen molar-refractivity contribution in [3.63, 3.8) is 0 Å². The summed E-state index contributed by atoms with van der Waals surface area (Å²) in [6, 6.07) is 18.8. The topological polar surface area (TPSA) is 86.2 Å². The fraction of sp³-hybridized carbons (Fsp3) is 0.0909. The van der Waals surface area contributed by atoms with Crippen molar-refractivity contribution in [2.75, 3.05) is 19.0 Å². The molecule has 0 fully saturated rings. The van der Waals surface area contributed by atoms with Gasteiger partial charge in [0.25, 0.3) is 5.91 Å². The molecule has 0 saturated carbocycles. The van der Waals surface area contributed by atoms with Gasteiger partial charge in [-0.3, -0.25) is 4.79 Å². The third-order valence-corrected chi connectivity index (χ3v) is 4.29. The number of ether oxygens (including phenoxy) is 2. The number of methoxy groups -OCH3 is 1. The first-order chi connectivity index (χ1) is 14.2. The van der Waals surface area contributed by atoms with Gasteiger partial charge in [-0.25, -0.2) is 15.0 Å². The molecule has 0 unspecified atom stereocenters. The highest BCUT2D eigenvalue weighted by Crippen LogP contribution is 2.28. The van der Waals surface area contributed by atoms with Crippen LogP contribution in [0.4, 0.5) is 5.82 Å². The van der Waals surface area contributed by atoms with Crippen molar-refractivity contribution in [1.29, 1.82) is 0 Å². The number of rotatable bonds is 6. The van der Waals surface area contributed by atoms with Gasteiger partial charge in [-0.15, -0.1) is 0 Å². The third kappa shape index (κ3) is 4.14. The Bertz CT molecular complexity index is 1160. The fourth-order valence-electron chi connectivity index (χ4n) is 2.95. The minimum Gasteiger partial charge on any atom is -0.496 e. The Morgan fingerprint density at radius 3 is 2.72 bits per heavy atom. The molecule has 2 heterocycles. The summed E-state index contributed by atoms with van der Waals surface area (Å²) in [6.07, 6.45) is 3.05. The molecule has 0 spiro atoms. The number of pyridine rings is 1. The molecule has 0 atom stereocenters. The zero-order chi connectivity index (χ0) is 20.1. The van der Waals surface area contributed by atoms with Crippen molar-refractivity contribution in [2.24, 2.45) is 0 Å². The van der Waals surface area contributed by atoms with Crippen LogP contribution in [-0.2, 0) is 4.79 Å². The molecular weight excluding hydrogens is 368 g/mol. The van der Waals surface area contributed by atoms with Crippen LogP contribution in [-0.4, -0.2) is 34.6 Å². The lowest BCUT2D eigenvalue weighted by Crippen LogP contribution is -2.21. The van der Waals surface area contributed by atoms with Crippen LogP contribution in [0.3, 0.4) is 0 Å². The number of anilines is 1. The number of nitrogens with zero attached hydrogens (tertiary/aromatic N) is 3.